The van der Waals surface area contributed by atoms with Crippen LogP contribution in [-0.4, -0.2) is 74.2 Å². The summed E-state index contributed by atoms with van der Waals surface area (Å²) in [6, 6.07) is 0.0697. The minimum absolute atomic E-state index is 0.134. The molecule has 0 bridgehead atoms. The predicted molar refractivity (Wildman–Crippen MR) is 72.6 cm³/mol. The molecule has 5 nitrogen and oxygen atoms in total. The monoisotopic (exact) mass is 257 g/mol. The molecule has 1 N–H and O–H groups in total. The fraction of sp³-hybridized carbons (Fsp3) is 0.923. The van der Waals surface area contributed by atoms with Crippen molar-refractivity contribution >= 4 is 5.97 Å². The number of carbonyl (C=O) groups is 1. The van der Waals surface area contributed by atoms with Gasteiger partial charge >= 0.3 is 5.97 Å². The van der Waals surface area contributed by atoms with Crippen LogP contribution >= 0.6 is 0 Å². The van der Waals surface area contributed by atoms with E-state index in [1.54, 1.807) is 0 Å². The van der Waals surface area contributed by atoms with E-state index in [1.807, 2.05) is 6.92 Å². The standard InChI is InChI=1S/C13H27N3O2/c1-5-18-13(17)12(14-11(2)3)10-16-8-6-15(4)7-9-16/h11-12,14H,5-10H2,1-4H3. The van der Waals surface area contributed by atoms with E-state index in [1.165, 1.54) is 0 Å². The second-order valence-corrected chi connectivity index (χ2v) is 5.23. The first kappa shape index (κ1) is 15.4. The average molecular weight is 257 g/mol. The highest BCUT2D eigenvalue weighted by molar-refractivity contribution is 5.76. The van der Waals surface area contributed by atoms with Crippen molar-refractivity contribution in [3.63, 3.8) is 0 Å². The van der Waals surface area contributed by atoms with E-state index >= 15 is 0 Å². The van der Waals surface area contributed by atoms with Crippen LogP contribution in [0.4, 0.5) is 0 Å². The van der Waals surface area contributed by atoms with Crippen molar-refractivity contribution in [1.82, 2.24) is 15.1 Å². The quantitative estimate of drug-likeness (QED) is 0.687. The lowest BCUT2D eigenvalue weighted by Gasteiger charge is -2.34. The molecular formula is C13H27N3O2. The van der Waals surface area contributed by atoms with E-state index in [4.69, 9.17) is 4.74 Å². The summed E-state index contributed by atoms with van der Waals surface area (Å²) in [4.78, 5) is 16.5. The average Bonchev–Trinajstić information content (AvgIpc) is 2.31. The first-order valence-electron chi connectivity index (χ1n) is 6.86. The van der Waals surface area contributed by atoms with Gasteiger partial charge in [-0.15, -0.1) is 0 Å². The van der Waals surface area contributed by atoms with Gasteiger partial charge in [0, 0.05) is 38.8 Å². The Morgan fingerprint density at radius 3 is 2.39 bits per heavy atom. The molecule has 1 rings (SSSR count). The van der Waals surface area contributed by atoms with Crippen LogP contribution in [0.2, 0.25) is 0 Å². The van der Waals surface area contributed by atoms with Crippen LogP contribution < -0.4 is 5.32 Å². The third-order valence-electron chi connectivity index (χ3n) is 3.14. The molecule has 5 heteroatoms. The van der Waals surface area contributed by atoms with E-state index in [2.05, 4.69) is 36.0 Å². The van der Waals surface area contributed by atoms with Crippen molar-refractivity contribution in [2.75, 3.05) is 46.4 Å². The van der Waals surface area contributed by atoms with Gasteiger partial charge in [0.15, 0.2) is 0 Å². The molecule has 1 aliphatic rings. The second kappa shape index (κ2) is 7.71. The van der Waals surface area contributed by atoms with Crippen molar-refractivity contribution in [1.29, 1.82) is 0 Å². The van der Waals surface area contributed by atoms with E-state index in [-0.39, 0.29) is 18.1 Å². The molecule has 1 aliphatic heterocycles. The Morgan fingerprint density at radius 2 is 1.89 bits per heavy atom. The number of esters is 1. The molecule has 1 unspecified atom stereocenters. The minimum atomic E-state index is -0.214. The van der Waals surface area contributed by atoms with Gasteiger partial charge in [0.25, 0.3) is 0 Å². The summed E-state index contributed by atoms with van der Waals surface area (Å²) in [5.74, 6) is -0.134. The summed E-state index contributed by atoms with van der Waals surface area (Å²) in [5.41, 5.74) is 0. The molecule has 0 spiro atoms. The number of carbonyl (C=O) groups excluding carboxylic acids is 1. The second-order valence-electron chi connectivity index (χ2n) is 5.23. The Kier molecular flexibility index (Phi) is 6.60. The Labute approximate surface area is 110 Å². The highest BCUT2D eigenvalue weighted by atomic mass is 16.5. The number of hydrogen-bond acceptors (Lipinski definition) is 5. The van der Waals surface area contributed by atoms with E-state index in [0.717, 1.165) is 32.7 Å². The van der Waals surface area contributed by atoms with Crippen LogP contribution in [0.15, 0.2) is 0 Å². The van der Waals surface area contributed by atoms with Crippen molar-refractivity contribution in [2.24, 2.45) is 0 Å². The zero-order valence-corrected chi connectivity index (χ0v) is 12.1. The van der Waals surface area contributed by atoms with Crippen molar-refractivity contribution in [3.05, 3.63) is 0 Å². The largest absolute Gasteiger partial charge is 0.465 e. The number of hydrogen-bond donors (Lipinski definition) is 1. The summed E-state index contributed by atoms with van der Waals surface area (Å²) >= 11 is 0. The fourth-order valence-corrected chi connectivity index (χ4v) is 2.13. The molecular weight excluding hydrogens is 230 g/mol. The zero-order chi connectivity index (χ0) is 13.5. The van der Waals surface area contributed by atoms with Crippen LogP contribution in [0, 0.1) is 0 Å². The van der Waals surface area contributed by atoms with Gasteiger partial charge in [0.05, 0.1) is 6.61 Å². The molecule has 106 valence electrons. The fourth-order valence-electron chi connectivity index (χ4n) is 2.13. The van der Waals surface area contributed by atoms with Gasteiger partial charge in [-0.3, -0.25) is 9.69 Å². The number of nitrogens with zero attached hydrogens (tertiary/aromatic N) is 2. The Hall–Kier alpha value is -0.650. The van der Waals surface area contributed by atoms with E-state index in [0.29, 0.717) is 6.61 Å². The molecule has 1 atom stereocenters. The number of rotatable bonds is 6. The lowest BCUT2D eigenvalue weighted by molar-refractivity contribution is -0.146. The first-order valence-corrected chi connectivity index (χ1v) is 6.86. The molecule has 0 radical (unpaired) electrons. The predicted octanol–water partition coefficient (Wildman–Crippen LogP) is 0.164. The Bertz CT molecular complexity index is 251. The maximum atomic E-state index is 11.9. The Morgan fingerprint density at radius 1 is 1.28 bits per heavy atom. The summed E-state index contributed by atoms with van der Waals surface area (Å²) in [6.45, 7) is 11.3. The maximum Gasteiger partial charge on any atom is 0.324 e. The van der Waals surface area contributed by atoms with Crippen LogP contribution in [0.1, 0.15) is 20.8 Å². The zero-order valence-electron chi connectivity index (χ0n) is 12.1. The van der Waals surface area contributed by atoms with Gasteiger partial charge < -0.3 is 15.0 Å². The third kappa shape index (κ3) is 5.33. The molecule has 1 heterocycles. The molecule has 0 aliphatic carbocycles. The number of piperazine rings is 1. The van der Waals surface area contributed by atoms with Crippen LogP contribution in [0.3, 0.4) is 0 Å². The first-order chi connectivity index (χ1) is 8.52. The summed E-state index contributed by atoms with van der Waals surface area (Å²) in [6.07, 6.45) is 0. The van der Waals surface area contributed by atoms with Gasteiger partial charge in [-0.2, -0.15) is 0 Å². The molecule has 18 heavy (non-hydrogen) atoms. The maximum absolute atomic E-state index is 11.9. The smallest absolute Gasteiger partial charge is 0.324 e. The highest BCUT2D eigenvalue weighted by Crippen LogP contribution is 2.02. The molecule has 0 saturated carbocycles. The topological polar surface area (TPSA) is 44.8 Å². The summed E-state index contributed by atoms with van der Waals surface area (Å²) < 4.78 is 5.13. The highest BCUT2D eigenvalue weighted by Gasteiger charge is 2.24. The SMILES string of the molecule is CCOC(=O)C(CN1CCN(C)CC1)NC(C)C. The van der Waals surface area contributed by atoms with Crippen LogP contribution in [0.25, 0.3) is 0 Å². The summed E-state index contributed by atoms with van der Waals surface area (Å²) in [5, 5.41) is 3.29. The van der Waals surface area contributed by atoms with Crippen LogP contribution in [-0.2, 0) is 9.53 Å². The molecule has 0 aromatic heterocycles. The van der Waals surface area contributed by atoms with Gasteiger partial charge in [0.2, 0.25) is 0 Å². The molecule has 1 saturated heterocycles. The van der Waals surface area contributed by atoms with Gasteiger partial charge in [-0.25, -0.2) is 0 Å². The van der Waals surface area contributed by atoms with Crippen molar-refractivity contribution in [2.45, 2.75) is 32.9 Å². The number of ether oxygens (including phenoxy) is 1. The third-order valence-corrected chi connectivity index (χ3v) is 3.14. The number of likely N-dealkylation sites (N-methyl/N-ethyl adjacent to an activating group) is 1. The summed E-state index contributed by atoms with van der Waals surface area (Å²) in [7, 11) is 2.13. The lowest BCUT2D eigenvalue weighted by Crippen LogP contribution is -2.53. The van der Waals surface area contributed by atoms with Crippen LogP contribution in [0.5, 0.6) is 0 Å². The lowest BCUT2D eigenvalue weighted by atomic mass is 10.2. The molecule has 0 aromatic carbocycles. The number of nitrogens with one attached hydrogen (secondary N) is 1. The minimum Gasteiger partial charge on any atom is -0.465 e. The van der Waals surface area contributed by atoms with Gasteiger partial charge in [-0.05, 0) is 14.0 Å². The van der Waals surface area contributed by atoms with E-state index in [9.17, 15) is 4.79 Å². The molecule has 0 aromatic rings. The normalized spacial score (nSPS) is 20.1. The van der Waals surface area contributed by atoms with Crippen molar-refractivity contribution < 1.29 is 9.53 Å². The Balaban J connectivity index is 2.47. The molecule has 0 amide bonds. The van der Waals surface area contributed by atoms with Gasteiger partial charge in [0.1, 0.15) is 6.04 Å². The van der Waals surface area contributed by atoms with E-state index < -0.39 is 0 Å². The van der Waals surface area contributed by atoms with Gasteiger partial charge in [-0.1, -0.05) is 13.8 Å². The van der Waals surface area contributed by atoms with Crippen molar-refractivity contribution in [3.8, 4) is 0 Å². The molecule has 1 fully saturated rings.